The molecule has 0 aliphatic heterocycles. The summed E-state index contributed by atoms with van der Waals surface area (Å²) >= 11 is 3.43. The number of nitrogens with one attached hydrogen (secondary N) is 1. The predicted molar refractivity (Wildman–Crippen MR) is 84.7 cm³/mol. The van der Waals surface area contributed by atoms with Gasteiger partial charge >= 0.3 is 0 Å². The Kier molecular flexibility index (Phi) is 4.25. The van der Waals surface area contributed by atoms with Crippen molar-refractivity contribution in [2.24, 2.45) is 0 Å². The zero-order chi connectivity index (χ0) is 14.0. The van der Waals surface area contributed by atoms with Crippen molar-refractivity contribution in [2.45, 2.75) is 34.2 Å². The third-order valence-electron chi connectivity index (χ3n) is 3.32. The molecule has 0 atom stereocenters. The lowest BCUT2D eigenvalue weighted by atomic mass is 10.00. The summed E-state index contributed by atoms with van der Waals surface area (Å²) in [7, 11) is 0. The molecule has 2 rings (SSSR count). The Hall–Kier alpha value is -1.35. The van der Waals surface area contributed by atoms with E-state index in [1.807, 2.05) is 6.20 Å². The van der Waals surface area contributed by atoms with E-state index in [-0.39, 0.29) is 0 Å². The topological polar surface area (TPSA) is 24.9 Å². The summed E-state index contributed by atoms with van der Waals surface area (Å²) in [5.41, 5.74) is 6.49. The standard InChI is InChI=1S/C16H19BrN2/c1-10-5-11(2)15(12(3)6-10)9-19-16-13(4)7-14(17)8-18-16/h5-8H,9H2,1-4H3,(H,18,19). The van der Waals surface area contributed by atoms with Gasteiger partial charge in [-0.05, 0) is 71.9 Å². The van der Waals surface area contributed by atoms with Crippen molar-refractivity contribution in [3.05, 3.63) is 56.7 Å². The van der Waals surface area contributed by atoms with Crippen molar-refractivity contribution in [1.29, 1.82) is 0 Å². The van der Waals surface area contributed by atoms with Gasteiger partial charge in [0.05, 0.1) is 0 Å². The second-order valence-corrected chi connectivity index (χ2v) is 5.97. The average Bonchev–Trinajstić information content (AvgIpc) is 2.30. The third kappa shape index (κ3) is 3.35. The van der Waals surface area contributed by atoms with Crippen molar-refractivity contribution < 1.29 is 0 Å². The second-order valence-electron chi connectivity index (χ2n) is 5.05. The van der Waals surface area contributed by atoms with Crippen LogP contribution in [-0.2, 0) is 6.54 Å². The zero-order valence-electron chi connectivity index (χ0n) is 11.8. The molecule has 0 aliphatic carbocycles. The number of aryl methyl sites for hydroxylation is 4. The quantitative estimate of drug-likeness (QED) is 0.888. The van der Waals surface area contributed by atoms with Gasteiger partial charge in [0.1, 0.15) is 5.82 Å². The maximum Gasteiger partial charge on any atom is 0.129 e. The molecule has 3 heteroatoms. The Balaban J connectivity index is 2.19. The summed E-state index contributed by atoms with van der Waals surface area (Å²) in [6, 6.07) is 6.53. The highest BCUT2D eigenvalue weighted by atomic mass is 79.9. The number of aromatic nitrogens is 1. The lowest BCUT2D eigenvalue weighted by Crippen LogP contribution is -2.06. The van der Waals surface area contributed by atoms with E-state index in [4.69, 9.17) is 0 Å². The molecule has 19 heavy (non-hydrogen) atoms. The van der Waals surface area contributed by atoms with E-state index >= 15 is 0 Å². The van der Waals surface area contributed by atoms with Crippen LogP contribution in [0.2, 0.25) is 0 Å². The summed E-state index contributed by atoms with van der Waals surface area (Å²) in [6.07, 6.45) is 1.82. The first-order valence-electron chi connectivity index (χ1n) is 6.40. The highest BCUT2D eigenvalue weighted by Crippen LogP contribution is 2.20. The van der Waals surface area contributed by atoms with Crippen LogP contribution in [-0.4, -0.2) is 4.98 Å². The monoisotopic (exact) mass is 318 g/mol. The first-order chi connectivity index (χ1) is 8.97. The van der Waals surface area contributed by atoms with Crippen molar-refractivity contribution in [3.8, 4) is 0 Å². The van der Waals surface area contributed by atoms with Crippen LogP contribution >= 0.6 is 15.9 Å². The molecule has 1 aromatic carbocycles. The summed E-state index contributed by atoms with van der Waals surface area (Å²) in [4.78, 5) is 4.41. The summed E-state index contributed by atoms with van der Waals surface area (Å²) in [6.45, 7) is 9.35. The largest absolute Gasteiger partial charge is 0.366 e. The maximum absolute atomic E-state index is 4.41. The lowest BCUT2D eigenvalue weighted by molar-refractivity contribution is 1.05. The molecular formula is C16H19BrN2. The van der Waals surface area contributed by atoms with Gasteiger partial charge in [-0.1, -0.05) is 17.7 Å². The molecule has 0 saturated carbocycles. The molecule has 0 amide bonds. The van der Waals surface area contributed by atoms with Crippen molar-refractivity contribution in [3.63, 3.8) is 0 Å². The third-order valence-corrected chi connectivity index (χ3v) is 3.75. The van der Waals surface area contributed by atoms with Gasteiger partial charge in [0.15, 0.2) is 0 Å². The molecule has 0 radical (unpaired) electrons. The number of hydrogen-bond donors (Lipinski definition) is 1. The van der Waals surface area contributed by atoms with Gasteiger partial charge in [-0.3, -0.25) is 0 Å². The Morgan fingerprint density at radius 1 is 1.00 bits per heavy atom. The summed E-state index contributed by atoms with van der Waals surface area (Å²) in [5, 5.41) is 3.43. The van der Waals surface area contributed by atoms with E-state index in [1.165, 1.54) is 22.3 Å². The predicted octanol–water partition coefficient (Wildman–Crippen LogP) is 4.69. The normalized spacial score (nSPS) is 10.6. The molecule has 2 nitrogen and oxygen atoms in total. The fraction of sp³-hybridized carbons (Fsp3) is 0.312. The van der Waals surface area contributed by atoms with Gasteiger partial charge in [0.25, 0.3) is 0 Å². The molecule has 0 saturated heterocycles. The van der Waals surface area contributed by atoms with E-state index in [1.54, 1.807) is 0 Å². The molecule has 0 bridgehead atoms. The Bertz CT molecular complexity index is 583. The fourth-order valence-corrected chi connectivity index (χ4v) is 2.83. The van der Waals surface area contributed by atoms with E-state index in [2.05, 4.69) is 72.1 Å². The van der Waals surface area contributed by atoms with Crippen molar-refractivity contribution in [1.82, 2.24) is 4.98 Å². The molecule has 1 heterocycles. The van der Waals surface area contributed by atoms with Crippen molar-refractivity contribution in [2.75, 3.05) is 5.32 Å². The van der Waals surface area contributed by atoms with Crippen LogP contribution < -0.4 is 5.32 Å². The molecule has 0 aliphatic rings. The van der Waals surface area contributed by atoms with Gasteiger partial charge in [-0.2, -0.15) is 0 Å². The number of halogens is 1. The molecule has 0 spiro atoms. The van der Waals surface area contributed by atoms with E-state index in [0.29, 0.717) is 0 Å². The SMILES string of the molecule is Cc1cc(C)c(CNc2ncc(Br)cc2C)c(C)c1. The molecule has 2 aromatic rings. The van der Waals surface area contributed by atoms with Crippen LogP contribution in [0.25, 0.3) is 0 Å². The maximum atomic E-state index is 4.41. The molecule has 0 fully saturated rings. The van der Waals surface area contributed by atoms with Gasteiger partial charge < -0.3 is 5.32 Å². The number of nitrogens with zero attached hydrogens (tertiary/aromatic N) is 1. The molecule has 100 valence electrons. The van der Waals surface area contributed by atoms with E-state index < -0.39 is 0 Å². The first-order valence-corrected chi connectivity index (χ1v) is 7.19. The molecule has 1 aromatic heterocycles. The van der Waals surface area contributed by atoms with Crippen LogP contribution in [0.4, 0.5) is 5.82 Å². The Morgan fingerprint density at radius 3 is 2.21 bits per heavy atom. The van der Waals surface area contributed by atoms with Crippen LogP contribution in [0.5, 0.6) is 0 Å². The Morgan fingerprint density at radius 2 is 1.63 bits per heavy atom. The molecule has 0 unspecified atom stereocenters. The second kappa shape index (κ2) is 5.74. The van der Waals surface area contributed by atoms with E-state index in [9.17, 15) is 0 Å². The summed E-state index contributed by atoms with van der Waals surface area (Å²) < 4.78 is 1.01. The fourth-order valence-electron chi connectivity index (χ4n) is 2.39. The minimum absolute atomic E-state index is 0.813. The van der Waals surface area contributed by atoms with Crippen molar-refractivity contribution >= 4 is 21.7 Å². The molecular weight excluding hydrogens is 300 g/mol. The zero-order valence-corrected chi connectivity index (χ0v) is 13.4. The van der Waals surface area contributed by atoms with Crippen LogP contribution in [0, 0.1) is 27.7 Å². The number of pyridine rings is 1. The number of benzene rings is 1. The number of rotatable bonds is 3. The van der Waals surface area contributed by atoms with Gasteiger partial charge in [-0.15, -0.1) is 0 Å². The van der Waals surface area contributed by atoms with Gasteiger partial charge in [-0.25, -0.2) is 4.98 Å². The smallest absolute Gasteiger partial charge is 0.129 e. The van der Waals surface area contributed by atoms with Gasteiger partial charge in [0.2, 0.25) is 0 Å². The van der Waals surface area contributed by atoms with Crippen LogP contribution in [0.15, 0.2) is 28.9 Å². The van der Waals surface area contributed by atoms with Crippen LogP contribution in [0.1, 0.15) is 27.8 Å². The average molecular weight is 319 g/mol. The Labute approximate surface area is 123 Å². The molecule has 1 N–H and O–H groups in total. The first kappa shape index (κ1) is 14.1. The lowest BCUT2D eigenvalue weighted by Gasteiger charge is -2.14. The highest BCUT2D eigenvalue weighted by molar-refractivity contribution is 9.10. The highest BCUT2D eigenvalue weighted by Gasteiger charge is 2.05. The van der Waals surface area contributed by atoms with E-state index in [0.717, 1.165) is 22.4 Å². The number of anilines is 1. The number of hydrogen-bond acceptors (Lipinski definition) is 2. The minimum Gasteiger partial charge on any atom is -0.366 e. The van der Waals surface area contributed by atoms with Crippen LogP contribution in [0.3, 0.4) is 0 Å². The van der Waals surface area contributed by atoms with Gasteiger partial charge in [0, 0.05) is 17.2 Å². The minimum atomic E-state index is 0.813. The summed E-state index contributed by atoms with van der Waals surface area (Å²) in [5.74, 6) is 0.947.